The highest BCUT2D eigenvalue weighted by Gasteiger charge is 2.24. The van der Waals surface area contributed by atoms with Crippen LogP contribution in [0.15, 0.2) is 18.3 Å². The molecule has 1 saturated carbocycles. The zero-order valence-electron chi connectivity index (χ0n) is 7.35. The van der Waals surface area contributed by atoms with Crippen LogP contribution >= 0.6 is 0 Å². The van der Waals surface area contributed by atoms with Gasteiger partial charge < -0.3 is 10.4 Å². The van der Waals surface area contributed by atoms with Crippen molar-refractivity contribution >= 4 is 5.82 Å². The Bertz CT molecular complexity index is 265. The van der Waals surface area contributed by atoms with E-state index in [1.807, 2.05) is 12.1 Å². The van der Waals surface area contributed by atoms with Crippen molar-refractivity contribution in [1.29, 1.82) is 0 Å². The van der Waals surface area contributed by atoms with Crippen LogP contribution in [0.1, 0.15) is 19.3 Å². The zero-order valence-corrected chi connectivity index (χ0v) is 7.35. The van der Waals surface area contributed by atoms with Gasteiger partial charge in [-0.3, -0.25) is 0 Å². The molecule has 1 aromatic heterocycles. The number of aliphatic hydroxyl groups excluding tert-OH is 1. The Labute approximate surface area is 77.0 Å². The van der Waals surface area contributed by atoms with Gasteiger partial charge in [-0.05, 0) is 31.4 Å². The third kappa shape index (κ3) is 1.95. The summed E-state index contributed by atoms with van der Waals surface area (Å²) in [6, 6.07) is 3.84. The number of rotatable bonds is 2. The molecule has 1 fully saturated rings. The minimum atomic E-state index is -0.234. The molecule has 0 bridgehead atoms. The van der Waals surface area contributed by atoms with E-state index in [1.54, 1.807) is 6.20 Å². The molecule has 2 unspecified atom stereocenters. The van der Waals surface area contributed by atoms with Crippen LogP contribution in [0, 0.1) is 0 Å². The van der Waals surface area contributed by atoms with Crippen LogP contribution in [0.25, 0.3) is 0 Å². The van der Waals surface area contributed by atoms with Gasteiger partial charge in [0.2, 0.25) is 0 Å². The summed E-state index contributed by atoms with van der Waals surface area (Å²) in [5.74, 6) is 0.744. The summed E-state index contributed by atoms with van der Waals surface area (Å²) >= 11 is 0. The van der Waals surface area contributed by atoms with E-state index in [1.165, 1.54) is 0 Å². The van der Waals surface area contributed by atoms with Crippen LogP contribution < -0.4 is 5.32 Å². The summed E-state index contributed by atoms with van der Waals surface area (Å²) in [6.45, 7) is 0. The minimum absolute atomic E-state index is 0.150. The number of hydrogen-bond donors (Lipinski definition) is 2. The van der Waals surface area contributed by atoms with Crippen molar-refractivity contribution in [2.45, 2.75) is 31.4 Å². The highest BCUT2D eigenvalue weighted by atomic mass is 16.3. The molecule has 0 spiro atoms. The van der Waals surface area contributed by atoms with E-state index in [2.05, 4.69) is 15.5 Å². The first kappa shape index (κ1) is 8.44. The Morgan fingerprint density at radius 2 is 2.38 bits per heavy atom. The second-order valence-electron chi connectivity index (χ2n) is 3.36. The van der Waals surface area contributed by atoms with E-state index in [4.69, 9.17) is 0 Å². The molecule has 0 amide bonds. The lowest BCUT2D eigenvalue weighted by molar-refractivity contribution is 0.171. The molecule has 1 aromatic rings. The molecule has 4 nitrogen and oxygen atoms in total. The predicted molar refractivity (Wildman–Crippen MR) is 49.3 cm³/mol. The van der Waals surface area contributed by atoms with Crippen LogP contribution in [0.3, 0.4) is 0 Å². The van der Waals surface area contributed by atoms with Crippen LogP contribution in [0.2, 0.25) is 0 Å². The van der Waals surface area contributed by atoms with Crippen molar-refractivity contribution in [3.05, 3.63) is 18.3 Å². The Balaban J connectivity index is 1.98. The molecule has 1 aliphatic rings. The lowest BCUT2D eigenvalue weighted by atomic mass is 10.2. The first-order valence-electron chi connectivity index (χ1n) is 4.58. The van der Waals surface area contributed by atoms with Crippen LogP contribution in [-0.4, -0.2) is 27.4 Å². The average Bonchev–Trinajstić information content (AvgIpc) is 2.54. The molecule has 0 aromatic carbocycles. The number of aliphatic hydroxyl groups is 1. The van der Waals surface area contributed by atoms with Gasteiger partial charge in [-0.1, -0.05) is 0 Å². The largest absolute Gasteiger partial charge is 0.391 e. The molecular weight excluding hydrogens is 166 g/mol. The zero-order chi connectivity index (χ0) is 9.10. The molecule has 1 heterocycles. The Morgan fingerprint density at radius 1 is 1.46 bits per heavy atom. The lowest BCUT2D eigenvalue weighted by Crippen LogP contribution is -2.28. The lowest BCUT2D eigenvalue weighted by Gasteiger charge is -2.15. The van der Waals surface area contributed by atoms with Gasteiger partial charge in [0.25, 0.3) is 0 Å². The Kier molecular flexibility index (Phi) is 2.40. The van der Waals surface area contributed by atoms with E-state index in [0.717, 1.165) is 25.1 Å². The van der Waals surface area contributed by atoms with Crippen molar-refractivity contribution in [2.75, 3.05) is 5.32 Å². The van der Waals surface area contributed by atoms with Gasteiger partial charge in [0.05, 0.1) is 12.1 Å². The van der Waals surface area contributed by atoms with Crippen molar-refractivity contribution in [1.82, 2.24) is 10.2 Å². The molecule has 2 rings (SSSR count). The predicted octanol–water partition coefficient (Wildman–Crippen LogP) is 0.802. The molecule has 0 saturated heterocycles. The van der Waals surface area contributed by atoms with E-state index < -0.39 is 0 Å². The number of nitrogens with one attached hydrogen (secondary N) is 1. The maximum Gasteiger partial charge on any atom is 0.148 e. The van der Waals surface area contributed by atoms with Gasteiger partial charge in [0.15, 0.2) is 0 Å². The molecule has 13 heavy (non-hydrogen) atoms. The van der Waals surface area contributed by atoms with Gasteiger partial charge in [0, 0.05) is 6.20 Å². The number of anilines is 1. The minimum Gasteiger partial charge on any atom is -0.391 e. The molecule has 0 aliphatic heterocycles. The Morgan fingerprint density at radius 3 is 3.00 bits per heavy atom. The maximum absolute atomic E-state index is 9.54. The fraction of sp³-hybridized carbons (Fsp3) is 0.556. The Hall–Kier alpha value is -1.16. The fourth-order valence-electron chi connectivity index (χ4n) is 1.68. The molecule has 2 atom stereocenters. The summed E-state index contributed by atoms with van der Waals surface area (Å²) in [7, 11) is 0. The van der Waals surface area contributed by atoms with Crippen LogP contribution in [0.5, 0.6) is 0 Å². The summed E-state index contributed by atoms with van der Waals surface area (Å²) in [4.78, 5) is 0. The molecule has 0 radical (unpaired) electrons. The van der Waals surface area contributed by atoms with Gasteiger partial charge in [-0.25, -0.2) is 0 Å². The molecule has 70 valence electrons. The summed E-state index contributed by atoms with van der Waals surface area (Å²) in [6.07, 6.45) is 4.38. The van der Waals surface area contributed by atoms with E-state index in [9.17, 15) is 5.11 Å². The summed E-state index contributed by atoms with van der Waals surface area (Å²) in [5, 5.41) is 20.4. The quantitative estimate of drug-likeness (QED) is 0.705. The van der Waals surface area contributed by atoms with Gasteiger partial charge in [0.1, 0.15) is 5.82 Å². The first-order chi connectivity index (χ1) is 6.36. The number of nitrogens with zero attached hydrogens (tertiary/aromatic N) is 2. The highest BCUT2D eigenvalue weighted by molar-refractivity contribution is 5.33. The molecule has 4 heteroatoms. The van der Waals surface area contributed by atoms with Crippen LogP contribution in [-0.2, 0) is 0 Å². The second-order valence-corrected chi connectivity index (χ2v) is 3.36. The van der Waals surface area contributed by atoms with Crippen molar-refractivity contribution in [3.63, 3.8) is 0 Å². The van der Waals surface area contributed by atoms with Gasteiger partial charge in [-0.2, -0.15) is 5.10 Å². The van der Waals surface area contributed by atoms with E-state index in [0.29, 0.717) is 0 Å². The van der Waals surface area contributed by atoms with Crippen molar-refractivity contribution < 1.29 is 5.11 Å². The second kappa shape index (κ2) is 3.70. The normalized spacial score (nSPS) is 27.5. The monoisotopic (exact) mass is 179 g/mol. The van der Waals surface area contributed by atoms with E-state index >= 15 is 0 Å². The summed E-state index contributed by atoms with van der Waals surface area (Å²) < 4.78 is 0. The number of aromatic nitrogens is 2. The average molecular weight is 179 g/mol. The van der Waals surface area contributed by atoms with Crippen molar-refractivity contribution in [2.24, 2.45) is 0 Å². The third-order valence-corrected chi connectivity index (χ3v) is 2.39. The van der Waals surface area contributed by atoms with Gasteiger partial charge >= 0.3 is 0 Å². The van der Waals surface area contributed by atoms with E-state index in [-0.39, 0.29) is 12.1 Å². The number of hydrogen-bond acceptors (Lipinski definition) is 4. The third-order valence-electron chi connectivity index (χ3n) is 2.39. The molecule has 1 aliphatic carbocycles. The smallest absolute Gasteiger partial charge is 0.148 e. The standard InChI is InChI=1S/C9H13N3O/c13-8-4-1-3-7(8)11-9-5-2-6-10-12-9/h2,5-8,13H,1,3-4H2,(H,11,12). The fourth-order valence-corrected chi connectivity index (χ4v) is 1.68. The van der Waals surface area contributed by atoms with Crippen molar-refractivity contribution in [3.8, 4) is 0 Å². The first-order valence-corrected chi connectivity index (χ1v) is 4.58. The van der Waals surface area contributed by atoms with Crippen LogP contribution in [0.4, 0.5) is 5.82 Å². The SMILES string of the molecule is OC1CCCC1Nc1cccnn1. The molecule has 2 N–H and O–H groups in total. The summed E-state index contributed by atoms with van der Waals surface area (Å²) in [5.41, 5.74) is 0. The molecular formula is C9H13N3O. The maximum atomic E-state index is 9.54. The topological polar surface area (TPSA) is 58.0 Å². The highest BCUT2D eigenvalue weighted by Crippen LogP contribution is 2.21. The van der Waals surface area contributed by atoms with Gasteiger partial charge in [-0.15, -0.1) is 5.10 Å².